The lowest BCUT2D eigenvalue weighted by Gasteiger charge is -2.14. The van der Waals surface area contributed by atoms with Crippen LogP contribution < -0.4 is 5.73 Å². The molecule has 98 valence electrons. The molecule has 0 amide bonds. The molecule has 9 heteroatoms. The zero-order valence-corrected chi connectivity index (χ0v) is 9.41. The molecule has 0 bridgehead atoms. The molecule has 0 aliphatic heterocycles. The van der Waals surface area contributed by atoms with Crippen molar-refractivity contribution in [2.75, 3.05) is 6.54 Å². The summed E-state index contributed by atoms with van der Waals surface area (Å²) in [7, 11) is 1.14. The van der Waals surface area contributed by atoms with Crippen LogP contribution in [0.25, 0.3) is 0 Å². The third-order valence-corrected chi connectivity index (χ3v) is 2.54. The highest BCUT2D eigenvalue weighted by molar-refractivity contribution is 6.30. The van der Waals surface area contributed by atoms with Crippen LogP contribution in [0.15, 0.2) is 0 Å². The molecule has 2 N–H and O–H groups in total. The van der Waals surface area contributed by atoms with Crippen molar-refractivity contribution in [3.8, 4) is 0 Å². The van der Waals surface area contributed by atoms with E-state index in [-0.39, 0.29) is 0 Å². The van der Waals surface area contributed by atoms with Gasteiger partial charge >= 0.3 is 6.18 Å². The number of aryl methyl sites for hydroxylation is 1. The fourth-order valence-electron chi connectivity index (χ4n) is 1.26. The van der Waals surface area contributed by atoms with Crippen molar-refractivity contribution in [1.82, 2.24) is 9.78 Å². The number of hydrogen-bond donors (Lipinski definition) is 1. The predicted octanol–water partition coefficient (Wildman–Crippen LogP) is 2.23. The highest BCUT2D eigenvalue weighted by Crippen LogP contribution is 2.36. The smallest absolute Gasteiger partial charge is 0.325 e. The Kier molecular flexibility index (Phi) is 3.68. The van der Waals surface area contributed by atoms with Gasteiger partial charge in [0.1, 0.15) is 5.15 Å². The topological polar surface area (TPSA) is 43.8 Å². The van der Waals surface area contributed by atoms with Crippen LogP contribution in [-0.2, 0) is 19.6 Å². The molecule has 0 unspecified atom stereocenters. The number of aromatic nitrogens is 2. The van der Waals surface area contributed by atoms with Gasteiger partial charge in [-0.25, -0.2) is 8.78 Å². The van der Waals surface area contributed by atoms with Crippen LogP contribution in [0.5, 0.6) is 0 Å². The van der Waals surface area contributed by atoms with Crippen LogP contribution in [0.3, 0.4) is 0 Å². The van der Waals surface area contributed by atoms with Crippen LogP contribution in [0, 0.1) is 0 Å². The molecular formula is C8H9ClF5N3. The van der Waals surface area contributed by atoms with Crippen molar-refractivity contribution in [1.29, 1.82) is 0 Å². The molecule has 17 heavy (non-hydrogen) atoms. The van der Waals surface area contributed by atoms with E-state index in [9.17, 15) is 22.0 Å². The maximum atomic E-state index is 13.0. The summed E-state index contributed by atoms with van der Waals surface area (Å²) < 4.78 is 64.2. The van der Waals surface area contributed by atoms with Crippen LogP contribution in [0.1, 0.15) is 11.3 Å². The Morgan fingerprint density at radius 3 is 2.24 bits per heavy atom. The van der Waals surface area contributed by atoms with Crippen LogP contribution >= 0.6 is 11.6 Å². The van der Waals surface area contributed by atoms with E-state index in [4.69, 9.17) is 17.3 Å². The van der Waals surface area contributed by atoms with Crippen LogP contribution in [-0.4, -0.2) is 22.2 Å². The number of nitrogens with two attached hydrogens (primary N) is 1. The minimum absolute atomic E-state index is 0.467. The minimum Gasteiger partial charge on any atom is -0.325 e. The number of halogens is 6. The van der Waals surface area contributed by atoms with Gasteiger partial charge in [0.15, 0.2) is 5.69 Å². The summed E-state index contributed by atoms with van der Waals surface area (Å²) in [4.78, 5) is 0. The molecule has 0 saturated heterocycles. The van der Waals surface area contributed by atoms with Gasteiger partial charge in [0.25, 0.3) is 5.92 Å². The van der Waals surface area contributed by atoms with Gasteiger partial charge in [0.2, 0.25) is 0 Å². The molecule has 0 fully saturated rings. The van der Waals surface area contributed by atoms with Crippen molar-refractivity contribution in [2.45, 2.75) is 18.5 Å². The lowest BCUT2D eigenvalue weighted by Crippen LogP contribution is -2.31. The highest BCUT2D eigenvalue weighted by Gasteiger charge is 2.41. The summed E-state index contributed by atoms with van der Waals surface area (Å²) in [6, 6.07) is 0. The molecule has 0 spiro atoms. The maximum Gasteiger partial charge on any atom is 0.435 e. The Morgan fingerprint density at radius 2 is 1.82 bits per heavy atom. The monoisotopic (exact) mass is 277 g/mol. The first kappa shape index (κ1) is 14.2. The van der Waals surface area contributed by atoms with Gasteiger partial charge in [0, 0.05) is 19.0 Å². The standard InChI is InChI=1S/C8H9ClF5N3/c1-17-6(9)4(2-7(10,11)3-15)5(16-17)8(12,13)14/h2-3,15H2,1H3. The van der Waals surface area contributed by atoms with Gasteiger partial charge in [-0.3, -0.25) is 4.68 Å². The molecular weight excluding hydrogens is 269 g/mol. The van der Waals surface area contributed by atoms with Gasteiger partial charge in [0.05, 0.1) is 6.54 Å². The van der Waals surface area contributed by atoms with Crippen molar-refractivity contribution in [3.63, 3.8) is 0 Å². The second-order valence-corrected chi connectivity index (χ2v) is 3.83. The number of rotatable bonds is 3. The summed E-state index contributed by atoms with van der Waals surface area (Å²) in [6.45, 7) is -1.06. The largest absolute Gasteiger partial charge is 0.435 e. The third-order valence-electron chi connectivity index (χ3n) is 2.07. The average Bonchev–Trinajstić information content (AvgIpc) is 2.45. The Morgan fingerprint density at radius 1 is 1.29 bits per heavy atom. The zero-order chi connectivity index (χ0) is 13.4. The summed E-state index contributed by atoms with van der Waals surface area (Å²) in [5.74, 6) is -3.45. The van der Waals surface area contributed by atoms with E-state index in [1.54, 1.807) is 0 Å². The maximum absolute atomic E-state index is 13.0. The molecule has 0 aliphatic rings. The van der Waals surface area contributed by atoms with E-state index in [0.717, 1.165) is 7.05 Å². The van der Waals surface area contributed by atoms with Crippen molar-refractivity contribution >= 4 is 11.6 Å². The molecule has 0 radical (unpaired) electrons. The summed E-state index contributed by atoms with van der Waals surface area (Å²) in [5.41, 5.74) is 2.63. The summed E-state index contributed by atoms with van der Waals surface area (Å²) in [5, 5.41) is 2.62. The van der Waals surface area contributed by atoms with E-state index in [0.29, 0.717) is 4.68 Å². The third kappa shape index (κ3) is 3.06. The second-order valence-electron chi connectivity index (χ2n) is 3.48. The molecule has 1 heterocycles. The van der Waals surface area contributed by atoms with E-state index in [2.05, 4.69) is 5.10 Å². The SMILES string of the molecule is Cn1nc(C(F)(F)F)c(CC(F)(F)CN)c1Cl. The summed E-state index contributed by atoms with van der Waals surface area (Å²) in [6.07, 6.45) is -6.02. The van der Waals surface area contributed by atoms with Crippen LogP contribution in [0.4, 0.5) is 22.0 Å². The average molecular weight is 278 g/mol. The molecule has 1 aromatic heterocycles. The van der Waals surface area contributed by atoms with E-state index >= 15 is 0 Å². The lowest BCUT2D eigenvalue weighted by atomic mass is 10.1. The van der Waals surface area contributed by atoms with Crippen molar-refractivity contribution in [2.24, 2.45) is 12.8 Å². The number of alkyl halides is 5. The molecule has 1 rings (SSSR count). The van der Waals surface area contributed by atoms with Crippen molar-refractivity contribution in [3.05, 3.63) is 16.4 Å². The number of nitrogens with zero attached hydrogens (tertiary/aromatic N) is 2. The molecule has 1 aromatic rings. The normalized spacial score (nSPS) is 13.2. The molecule has 0 atom stereocenters. The van der Waals surface area contributed by atoms with E-state index in [1.165, 1.54) is 0 Å². The first-order valence-corrected chi connectivity index (χ1v) is 4.83. The van der Waals surface area contributed by atoms with Gasteiger partial charge in [-0.15, -0.1) is 0 Å². The lowest BCUT2D eigenvalue weighted by molar-refractivity contribution is -0.142. The van der Waals surface area contributed by atoms with Gasteiger partial charge in [-0.2, -0.15) is 18.3 Å². The molecule has 0 saturated carbocycles. The number of hydrogen-bond acceptors (Lipinski definition) is 2. The Bertz CT molecular complexity index is 412. The Hall–Kier alpha value is -0.890. The van der Waals surface area contributed by atoms with Gasteiger partial charge in [-0.05, 0) is 0 Å². The first-order chi connectivity index (χ1) is 7.58. The Balaban J connectivity index is 3.23. The highest BCUT2D eigenvalue weighted by atomic mass is 35.5. The molecule has 0 aromatic carbocycles. The molecule has 3 nitrogen and oxygen atoms in total. The first-order valence-electron chi connectivity index (χ1n) is 4.45. The quantitative estimate of drug-likeness (QED) is 0.861. The van der Waals surface area contributed by atoms with Gasteiger partial charge in [-0.1, -0.05) is 11.6 Å². The van der Waals surface area contributed by atoms with E-state index in [1.807, 2.05) is 0 Å². The molecule has 0 aliphatic carbocycles. The van der Waals surface area contributed by atoms with E-state index < -0.39 is 41.5 Å². The minimum atomic E-state index is -4.83. The predicted molar refractivity (Wildman–Crippen MR) is 50.9 cm³/mol. The van der Waals surface area contributed by atoms with Crippen LogP contribution in [0.2, 0.25) is 5.15 Å². The van der Waals surface area contributed by atoms with Crippen molar-refractivity contribution < 1.29 is 22.0 Å². The summed E-state index contributed by atoms with van der Waals surface area (Å²) >= 11 is 5.51. The Labute approximate surface area is 98.3 Å². The zero-order valence-electron chi connectivity index (χ0n) is 8.65. The van der Waals surface area contributed by atoms with Gasteiger partial charge < -0.3 is 5.73 Å². The fourth-order valence-corrected chi connectivity index (χ4v) is 1.46. The second kappa shape index (κ2) is 4.41. The fraction of sp³-hybridized carbons (Fsp3) is 0.625.